The molecule has 1 saturated heterocycles. The average molecular weight is 425 g/mol. The van der Waals surface area contributed by atoms with E-state index in [0.717, 1.165) is 28.8 Å². The van der Waals surface area contributed by atoms with Crippen LogP contribution in [0.3, 0.4) is 0 Å². The minimum Gasteiger partial charge on any atom is -0.504 e. The lowest BCUT2D eigenvalue weighted by Gasteiger charge is -2.41. The maximum atomic E-state index is 14.4. The molecule has 1 aliphatic heterocycles. The van der Waals surface area contributed by atoms with Crippen LogP contribution < -0.4 is 4.90 Å². The Morgan fingerprint density at radius 2 is 1.90 bits per heavy atom. The summed E-state index contributed by atoms with van der Waals surface area (Å²) in [6.07, 6.45) is 3.38. The van der Waals surface area contributed by atoms with Crippen LogP contribution in [0.25, 0.3) is 6.08 Å². The van der Waals surface area contributed by atoms with E-state index in [9.17, 15) is 13.6 Å². The number of nitriles is 1. The highest BCUT2D eigenvalue weighted by Crippen LogP contribution is 2.27. The summed E-state index contributed by atoms with van der Waals surface area (Å²) in [5, 5.41) is 8.87. The molecule has 0 aromatic heterocycles. The molecule has 7 heteroatoms. The van der Waals surface area contributed by atoms with Crippen molar-refractivity contribution < 1.29 is 18.3 Å². The number of ether oxygens (including phenoxy) is 1. The van der Waals surface area contributed by atoms with Crippen LogP contribution in [-0.4, -0.2) is 43.6 Å². The van der Waals surface area contributed by atoms with Crippen LogP contribution in [0.15, 0.2) is 30.5 Å². The van der Waals surface area contributed by atoms with Crippen molar-refractivity contribution in [1.29, 1.82) is 5.26 Å². The molecule has 0 aliphatic carbocycles. The SMILES string of the molecule is COC=Cc1cc(C(=O)N2CCN(c3cc(F)c(C#N)cc3F)C[C@@H]2C)c(C)cc1C. The molecule has 0 N–H and O–H groups in total. The van der Waals surface area contributed by atoms with E-state index in [1.807, 2.05) is 39.0 Å². The van der Waals surface area contributed by atoms with Gasteiger partial charge in [0.05, 0.1) is 24.6 Å². The predicted molar refractivity (Wildman–Crippen MR) is 116 cm³/mol. The van der Waals surface area contributed by atoms with E-state index in [1.165, 1.54) is 0 Å². The van der Waals surface area contributed by atoms with Crippen LogP contribution in [0, 0.1) is 36.8 Å². The molecule has 162 valence electrons. The first kappa shape index (κ1) is 22.3. The molecule has 5 nitrogen and oxygen atoms in total. The topological polar surface area (TPSA) is 56.6 Å². The fourth-order valence-corrected chi connectivity index (χ4v) is 3.92. The van der Waals surface area contributed by atoms with Crippen molar-refractivity contribution in [2.45, 2.75) is 26.8 Å². The number of piperazine rings is 1. The Balaban J connectivity index is 1.82. The van der Waals surface area contributed by atoms with Crippen molar-refractivity contribution in [2.24, 2.45) is 0 Å². The number of halogens is 2. The normalized spacial score (nSPS) is 16.5. The monoisotopic (exact) mass is 425 g/mol. The number of hydrogen-bond donors (Lipinski definition) is 0. The zero-order valence-corrected chi connectivity index (χ0v) is 18.1. The highest BCUT2D eigenvalue weighted by atomic mass is 19.1. The highest BCUT2D eigenvalue weighted by Gasteiger charge is 2.30. The molecular weight excluding hydrogens is 400 g/mol. The first-order chi connectivity index (χ1) is 14.8. The lowest BCUT2D eigenvalue weighted by atomic mass is 9.98. The Morgan fingerprint density at radius 3 is 2.55 bits per heavy atom. The predicted octanol–water partition coefficient (Wildman–Crippen LogP) is 4.42. The van der Waals surface area contributed by atoms with Crippen molar-refractivity contribution >= 4 is 17.7 Å². The highest BCUT2D eigenvalue weighted by molar-refractivity contribution is 5.96. The van der Waals surface area contributed by atoms with E-state index < -0.39 is 11.6 Å². The Bertz CT molecular complexity index is 1080. The second-order valence-corrected chi connectivity index (χ2v) is 7.75. The molecular formula is C24H25F2N3O2. The van der Waals surface area contributed by atoms with E-state index in [0.29, 0.717) is 25.2 Å². The Morgan fingerprint density at radius 1 is 1.16 bits per heavy atom. The van der Waals surface area contributed by atoms with Crippen LogP contribution in [-0.2, 0) is 4.74 Å². The third-order valence-electron chi connectivity index (χ3n) is 5.61. The van der Waals surface area contributed by atoms with Gasteiger partial charge in [0.2, 0.25) is 0 Å². The Labute approximate surface area is 181 Å². The van der Waals surface area contributed by atoms with Crippen LogP contribution in [0.5, 0.6) is 0 Å². The maximum Gasteiger partial charge on any atom is 0.254 e. The number of methoxy groups -OCH3 is 1. The van der Waals surface area contributed by atoms with Gasteiger partial charge in [-0.25, -0.2) is 8.78 Å². The van der Waals surface area contributed by atoms with Gasteiger partial charge >= 0.3 is 0 Å². The van der Waals surface area contributed by atoms with E-state index in [-0.39, 0.29) is 23.2 Å². The number of anilines is 1. The molecule has 0 radical (unpaired) electrons. The number of amides is 1. The number of nitrogens with zero attached hydrogens (tertiary/aromatic N) is 3. The summed E-state index contributed by atoms with van der Waals surface area (Å²) in [4.78, 5) is 16.8. The summed E-state index contributed by atoms with van der Waals surface area (Å²) in [7, 11) is 1.57. The summed E-state index contributed by atoms with van der Waals surface area (Å²) in [6.45, 7) is 6.85. The second kappa shape index (κ2) is 9.17. The zero-order chi connectivity index (χ0) is 22.7. The van der Waals surface area contributed by atoms with Gasteiger partial charge in [-0.15, -0.1) is 0 Å². The molecule has 1 aliphatic rings. The molecule has 2 aromatic carbocycles. The molecule has 1 fully saturated rings. The van der Waals surface area contributed by atoms with Gasteiger partial charge < -0.3 is 14.5 Å². The van der Waals surface area contributed by atoms with Crippen LogP contribution >= 0.6 is 0 Å². The quantitative estimate of drug-likeness (QED) is 0.681. The minimum absolute atomic E-state index is 0.0943. The fourth-order valence-electron chi connectivity index (χ4n) is 3.92. The van der Waals surface area contributed by atoms with Crippen LogP contribution in [0.1, 0.15) is 39.5 Å². The molecule has 1 atom stereocenters. The number of carbonyl (C=O) groups excluding carboxylic acids is 1. The largest absolute Gasteiger partial charge is 0.504 e. The first-order valence-corrected chi connectivity index (χ1v) is 10.0. The third-order valence-corrected chi connectivity index (χ3v) is 5.61. The summed E-state index contributed by atoms with van der Waals surface area (Å²) in [5.41, 5.74) is 3.21. The molecule has 0 bridgehead atoms. The molecule has 3 rings (SSSR count). The van der Waals surface area contributed by atoms with Gasteiger partial charge in [0.1, 0.15) is 17.7 Å². The lowest BCUT2D eigenvalue weighted by molar-refractivity contribution is 0.0673. The Kier molecular flexibility index (Phi) is 6.59. The molecule has 0 spiro atoms. The lowest BCUT2D eigenvalue weighted by Crippen LogP contribution is -2.54. The van der Waals surface area contributed by atoms with Crippen molar-refractivity contribution in [2.75, 3.05) is 31.6 Å². The van der Waals surface area contributed by atoms with Crippen molar-refractivity contribution in [3.05, 3.63) is 70.0 Å². The first-order valence-electron chi connectivity index (χ1n) is 10.0. The molecule has 1 heterocycles. The van der Waals surface area contributed by atoms with Gasteiger partial charge in [-0.3, -0.25) is 4.79 Å². The van der Waals surface area contributed by atoms with Crippen LogP contribution in [0.4, 0.5) is 14.5 Å². The van der Waals surface area contributed by atoms with Crippen molar-refractivity contribution in [3.8, 4) is 6.07 Å². The third kappa shape index (κ3) is 4.53. The van der Waals surface area contributed by atoms with E-state index in [2.05, 4.69) is 0 Å². The van der Waals surface area contributed by atoms with Gasteiger partial charge in [-0.1, -0.05) is 6.07 Å². The summed E-state index contributed by atoms with van der Waals surface area (Å²) in [5.74, 6) is -1.49. The molecule has 2 aromatic rings. The van der Waals surface area contributed by atoms with E-state index >= 15 is 0 Å². The summed E-state index contributed by atoms with van der Waals surface area (Å²) >= 11 is 0. The summed E-state index contributed by atoms with van der Waals surface area (Å²) < 4.78 is 33.4. The Hall–Kier alpha value is -3.40. The molecule has 0 unspecified atom stereocenters. The molecule has 31 heavy (non-hydrogen) atoms. The summed E-state index contributed by atoms with van der Waals surface area (Å²) in [6, 6.07) is 7.23. The smallest absolute Gasteiger partial charge is 0.254 e. The number of aryl methyl sites for hydroxylation is 2. The van der Waals surface area contributed by atoms with Gasteiger partial charge in [0, 0.05) is 37.3 Å². The number of benzene rings is 2. The van der Waals surface area contributed by atoms with Gasteiger partial charge in [0.15, 0.2) is 0 Å². The second-order valence-electron chi connectivity index (χ2n) is 7.75. The van der Waals surface area contributed by atoms with Gasteiger partial charge in [-0.2, -0.15) is 5.26 Å². The standard InChI is InChI=1S/C24H25F2N3O2/c1-15-9-16(2)20(10-18(15)5-8-31-4)24(30)29-7-6-28(14-17(29)3)23-12-21(25)19(13-27)11-22(23)26/h5,8-12,17H,6-7,14H2,1-4H3/t17-/m0/s1. The van der Waals surface area contributed by atoms with E-state index in [4.69, 9.17) is 10.00 Å². The number of rotatable bonds is 4. The number of carbonyl (C=O) groups is 1. The van der Waals surface area contributed by atoms with Crippen LogP contribution in [0.2, 0.25) is 0 Å². The van der Waals surface area contributed by atoms with Crippen molar-refractivity contribution in [1.82, 2.24) is 4.90 Å². The molecule has 0 saturated carbocycles. The van der Waals surface area contributed by atoms with Gasteiger partial charge in [-0.05, 0) is 55.7 Å². The maximum absolute atomic E-state index is 14.4. The average Bonchev–Trinajstić information content (AvgIpc) is 2.74. The van der Waals surface area contributed by atoms with Crippen molar-refractivity contribution in [3.63, 3.8) is 0 Å². The zero-order valence-electron chi connectivity index (χ0n) is 18.1. The van der Waals surface area contributed by atoms with Gasteiger partial charge in [0.25, 0.3) is 5.91 Å². The minimum atomic E-state index is -0.753. The fraction of sp³-hybridized carbons (Fsp3) is 0.333. The van der Waals surface area contributed by atoms with E-state index in [1.54, 1.807) is 29.2 Å². The number of hydrogen-bond acceptors (Lipinski definition) is 4. The molecule has 1 amide bonds.